The number of esters is 1. The first-order chi connectivity index (χ1) is 9.31. The molecule has 0 heterocycles. The highest BCUT2D eigenvalue weighted by atomic mass is 16.6. The van der Waals surface area contributed by atoms with Crippen molar-refractivity contribution >= 4 is 17.6 Å². The maximum absolute atomic E-state index is 11.8. The van der Waals surface area contributed by atoms with E-state index in [1.54, 1.807) is 13.8 Å². The van der Waals surface area contributed by atoms with Gasteiger partial charge in [-0.15, -0.1) is 0 Å². The topological polar surface area (TPSA) is 107 Å². The van der Waals surface area contributed by atoms with Gasteiger partial charge in [-0.3, -0.25) is 14.9 Å². The molecule has 0 aromatic heterocycles. The average molecular weight is 281 g/mol. The molecule has 0 spiro atoms. The molecule has 7 heteroatoms. The summed E-state index contributed by atoms with van der Waals surface area (Å²) in [6, 6.07) is 4.94. The highest BCUT2D eigenvalue weighted by molar-refractivity contribution is 5.90. The van der Waals surface area contributed by atoms with Crippen molar-refractivity contribution in [2.75, 3.05) is 0 Å². The van der Waals surface area contributed by atoms with Gasteiger partial charge in [-0.05, 0) is 18.1 Å². The van der Waals surface area contributed by atoms with Crippen molar-refractivity contribution in [1.82, 2.24) is 0 Å². The number of nitro benzene ring substituents is 1. The van der Waals surface area contributed by atoms with Crippen LogP contribution < -0.4 is 0 Å². The number of hydrogen-bond donors (Lipinski definition) is 1. The van der Waals surface area contributed by atoms with Crippen LogP contribution in [-0.2, 0) is 9.53 Å². The molecule has 0 bridgehead atoms. The van der Waals surface area contributed by atoms with Crippen molar-refractivity contribution in [3.05, 3.63) is 39.9 Å². The molecule has 1 atom stereocenters. The zero-order valence-electron chi connectivity index (χ0n) is 11.1. The maximum Gasteiger partial charge on any atom is 0.338 e. The Labute approximate surface area is 115 Å². The molecular weight excluding hydrogens is 266 g/mol. The number of carbonyl (C=O) groups excluding carboxylic acids is 1. The van der Waals surface area contributed by atoms with Gasteiger partial charge in [-0.1, -0.05) is 13.8 Å². The molecule has 0 aliphatic rings. The van der Waals surface area contributed by atoms with Crippen LogP contribution in [0.25, 0.3) is 0 Å². The molecule has 108 valence electrons. The lowest BCUT2D eigenvalue weighted by molar-refractivity contribution is -0.384. The van der Waals surface area contributed by atoms with Crippen LogP contribution in [0.5, 0.6) is 0 Å². The predicted octanol–water partition coefficient (Wildman–Crippen LogP) is 2.25. The Morgan fingerprint density at radius 3 is 2.25 bits per heavy atom. The Balaban J connectivity index is 2.78. The second-order valence-electron chi connectivity index (χ2n) is 4.59. The van der Waals surface area contributed by atoms with E-state index < -0.39 is 23.0 Å². The first kappa shape index (κ1) is 15.6. The van der Waals surface area contributed by atoms with E-state index in [0.29, 0.717) is 0 Å². The zero-order chi connectivity index (χ0) is 15.3. The Morgan fingerprint density at radius 2 is 1.85 bits per heavy atom. The monoisotopic (exact) mass is 281 g/mol. The quantitative estimate of drug-likeness (QED) is 0.487. The Kier molecular flexibility index (Phi) is 5.19. The zero-order valence-corrected chi connectivity index (χ0v) is 11.1. The first-order valence-electron chi connectivity index (χ1n) is 5.98. The Hall–Kier alpha value is -2.44. The van der Waals surface area contributed by atoms with Crippen LogP contribution >= 0.6 is 0 Å². The van der Waals surface area contributed by atoms with Crippen LogP contribution in [0.1, 0.15) is 30.6 Å². The molecule has 0 aliphatic heterocycles. The second-order valence-corrected chi connectivity index (χ2v) is 4.59. The molecule has 0 amide bonds. The average Bonchev–Trinajstić information content (AvgIpc) is 2.37. The molecule has 0 radical (unpaired) electrons. The third kappa shape index (κ3) is 4.34. The lowest BCUT2D eigenvalue weighted by Gasteiger charge is -2.19. The summed E-state index contributed by atoms with van der Waals surface area (Å²) in [4.78, 5) is 32.4. The number of carboxylic acid groups (broad SMARTS) is 1. The van der Waals surface area contributed by atoms with E-state index in [2.05, 4.69) is 0 Å². The Morgan fingerprint density at radius 1 is 1.30 bits per heavy atom. The van der Waals surface area contributed by atoms with E-state index in [-0.39, 0.29) is 23.6 Å². The predicted molar refractivity (Wildman–Crippen MR) is 69.4 cm³/mol. The molecule has 0 aliphatic carbocycles. The summed E-state index contributed by atoms with van der Waals surface area (Å²) in [7, 11) is 0. The number of ether oxygens (including phenoxy) is 1. The molecule has 1 aromatic rings. The number of aliphatic carboxylic acids is 1. The molecule has 0 saturated carbocycles. The first-order valence-corrected chi connectivity index (χ1v) is 5.98. The van der Waals surface area contributed by atoms with Crippen LogP contribution in [0.4, 0.5) is 5.69 Å². The minimum atomic E-state index is -1.06. The molecule has 7 nitrogen and oxygen atoms in total. The van der Waals surface area contributed by atoms with Crippen molar-refractivity contribution in [1.29, 1.82) is 0 Å². The number of nitrogens with zero attached hydrogens (tertiary/aromatic N) is 1. The molecule has 0 fully saturated rings. The fourth-order valence-electron chi connectivity index (χ4n) is 1.51. The number of benzene rings is 1. The number of hydrogen-bond acceptors (Lipinski definition) is 5. The fraction of sp³-hybridized carbons (Fsp3) is 0.385. The van der Waals surface area contributed by atoms with Crippen LogP contribution in [0, 0.1) is 16.0 Å². The lowest BCUT2D eigenvalue weighted by atomic mass is 10.0. The van der Waals surface area contributed by atoms with E-state index in [4.69, 9.17) is 9.84 Å². The van der Waals surface area contributed by atoms with Crippen molar-refractivity contribution in [3.8, 4) is 0 Å². The van der Waals surface area contributed by atoms with Gasteiger partial charge < -0.3 is 9.84 Å². The summed E-state index contributed by atoms with van der Waals surface area (Å²) in [5.74, 6) is -1.90. The van der Waals surface area contributed by atoms with Crippen molar-refractivity contribution in [3.63, 3.8) is 0 Å². The summed E-state index contributed by atoms with van der Waals surface area (Å²) in [6.45, 7) is 3.49. The van der Waals surface area contributed by atoms with Crippen molar-refractivity contribution < 1.29 is 24.4 Å². The van der Waals surface area contributed by atoms with Crippen molar-refractivity contribution in [2.45, 2.75) is 26.4 Å². The summed E-state index contributed by atoms with van der Waals surface area (Å²) < 4.78 is 5.12. The van der Waals surface area contributed by atoms with Gasteiger partial charge in [-0.2, -0.15) is 0 Å². The van der Waals surface area contributed by atoms with Gasteiger partial charge in [0, 0.05) is 12.1 Å². The van der Waals surface area contributed by atoms with Gasteiger partial charge in [0.2, 0.25) is 0 Å². The number of rotatable bonds is 6. The molecule has 1 aromatic carbocycles. The minimum absolute atomic E-state index is 0.132. The normalized spacial score (nSPS) is 11.9. The van der Waals surface area contributed by atoms with E-state index in [9.17, 15) is 19.7 Å². The molecule has 1 rings (SSSR count). The minimum Gasteiger partial charge on any atom is -0.481 e. The third-order valence-electron chi connectivity index (χ3n) is 2.69. The number of non-ortho nitro benzene ring substituents is 1. The van der Waals surface area contributed by atoms with Crippen LogP contribution in [-0.4, -0.2) is 28.1 Å². The number of carboxylic acids is 1. The van der Waals surface area contributed by atoms with E-state index in [1.807, 2.05) is 0 Å². The largest absolute Gasteiger partial charge is 0.481 e. The molecule has 1 unspecified atom stereocenters. The van der Waals surface area contributed by atoms with Crippen LogP contribution in [0.15, 0.2) is 24.3 Å². The third-order valence-corrected chi connectivity index (χ3v) is 2.69. The summed E-state index contributed by atoms with van der Waals surface area (Å²) in [5, 5.41) is 19.2. The molecule has 0 saturated heterocycles. The van der Waals surface area contributed by atoms with E-state index >= 15 is 0 Å². The number of nitro groups is 1. The van der Waals surface area contributed by atoms with Crippen LogP contribution in [0.2, 0.25) is 0 Å². The van der Waals surface area contributed by atoms with Gasteiger partial charge in [0.1, 0.15) is 6.10 Å². The second kappa shape index (κ2) is 6.65. The Bertz CT molecular complexity index is 508. The SMILES string of the molecule is CC(C)C(CC(=O)O)OC(=O)c1ccc([N+](=O)[O-])cc1. The number of carbonyl (C=O) groups is 2. The van der Waals surface area contributed by atoms with Gasteiger partial charge in [0.25, 0.3) is 5.69 Å². The van der Waals surface area contributed by atoms with E-state index in [0.717, 1.165) is 0 Å². The standard InChI is InChI=1S/C13H15NO6/c1-8(2)11(7-12(15)16)20-13(17)9-3-5-10(6-4-9)14(18)19/h3-6,8,11H,7H2,1-2H3,(H,15,16). The molecular formula is C13H15NO6. The van der Waals surface area contributed by atoms with Gasteiger partial charge >= 0.3 is 11.9 Å². The smallest absolute Gasteiger partial charge is 0.338 e. The summed E-state index contributed by atoms with van der Waals surface area (Å²) in [6.07, 6.45) is -1.02. The van der Waals surface area contributed by atoms with Gasteiger partial charge in [-0.25, -0.2) is 4.79 Å². The van der Waals surface area contributed by atoms with E-state index in [1.165, 1.54) is 24.3 Å². The summed E-state index contributed by atoms with van der Waals surface area (Å²) >= 11 is 0. The highest BCUT2D eigenvalue weighted by Crippen LogP contribution is 2.16. The van der Waals surface area contributed by atoms with Crippen LogP contribution in [0.3, 0.4) is 0 Å². The van der Waals surface area contributed by atoms with Crippen molar-refractivity contribution in [2.24, 2.45) is 5.92 Å². The lowest BCUT2D eigenvalue weighted by Crippen LogP contribution is -2.26. The molecule has 1 N–H and O–H groups in total. The maximum atomic E-state index is 11.8. The molecule has 20 heavy (non-hydrogen) atoms. The fourth-order valence-corrected chi connectivity index (χ4v) is 1.51. The van der Waals surface area contributed by atoms with Gasteiger partial charge in [0.05, 0.1) is 16.9 Å². The summed E-state index contributed by atoms with van der Waals surface area (Å²) in [5.41, 5.74) is 0.0131. The van der Waals surface area contributed by atoms with Gasteiger partial charge in [0.15, 0.2) is 0 Å². The highest BCUT2D eigenvalue weighted by Gasteiger charge is 2.22.